The molecule has 0 aliphatic heterocycles. The monoisotopic (exact) mass is 266 g/mol. The van der Waals surface area contributed by atoms with E-state index < -0.39 is 0 Å². The van der Waals surface area contributed by atoms with Crippen molar-refractivity contribution < 1.29 is 0 Å². The minimum Gasteiger partial charge on any atom is -0.366 e. The van der Waals surface area contributed by atoms with Crippen molar-refractivity contribution in [3.05, 3.63) is 59.9 Å². The van der Waals surface area contributed by atoms with Crippen LogP contribution in [-0.4, -0.2) is 14.6 Å². The topological polar surface area (TPSA) is 42.2 Å². The highest BCUT2D eigenvalue weighted by Crippen LogP contribution is 2.15. The summed E-state index contributed by atoms with van der Waals surface area (Å²) in [7, 11) is 0. The summed E-state index contributed by atoms with van der Waals surface area (Å²) in [5.74, 6) is 1.44. The highest BCUT2D eigenvalue weighted by Gasteiger charge is 2.01. The molecule has 0 radical (unpaired) electrons. The lowest BCUT2D eigenvalue weighted by Gasteiger charge is -2.08. The van der Waals surface area contributed by atoms with Crippen LogP contribution in [0.25, 0.3) is 5.65 Å². The summed E-state index contributed by atoms with van der Waals surface area (Å²) in [5.41, 5.74) is 3.47. The maximum absolute atomic E-state index is 4.49. The molecule has 0 aliphatic rings. The Bertz CT molecular complexity index is 698. The molecule has 0 fully saturated rings. The Labute approximate surface area is 118 Å². The fraction of sp³-hybridized carbons (Fsp3) is 0.250. The molecule has 2 aromatic heterocycles. The molecule has 1 N–H and O–H groups in total. The number of rotatable bonds is 4. The summed E-state index contributed by atoms with van der Waals surface area (Å²) in [6, 6.07) is 12.5. The molecule has 0 spiro atoms. The fourth-order valence-electron chi connectivity index (χ4n) is 2.12. The van der Waals surface area contributed by atoms with Crippen LogP contribution in [0.5, 0.6) is 0 Å². The molecule has 3 aromatic rings. The zero-order chi connectivity index (χ0) is 13.9. The summed E-state index contributed by atoms with van der Waals surface area (Å²) in [6.45, 7) is 5.19. The third-order valence-corrected chi connectivity index (χ3v) is 3.38. The molecule has 20 heavy (non-hydrogen) atoms. The van der Waals surface area contributed by atoms with Gasteiger partial charge in [0.1, 0.15) is 5.82 Å². The molecule has 0 saturated heterocycles. The molecule has 0 bridgehead atoms. The second-order valence-corrected chi connectivity index (χ2v) is 5.20. The van der Waals surface area contributed by atoms with Gasteiger partial charge in [-0.05, 0) is 23.1 Å². The molecule has 3 rings (SSSR count). The van der Waals surface area contributed by atoms with Gasteiger partial charge in [0.15, 0.2) is 5.65 Å². The van der Waals surface area contributed by atoms with E-state index >= 15 is 0 Å². The van der Waals surface area contributed by atoms with Gasteiger partial charge in [-0.25, -0.2) is 9.50 Å². The first-order valence-electron chi connectivity index (χ1n) is 6.85. The van der Waals surface area contributed by atoms with Crippen molar-refractivity contribution in [3.63, 3.8) is 0 Å². The Balaban J connectivity index is 1.69. The van der Waals surface area contributed by atoms with Crippen molar-refractivity contribution in [1.29, 1.82) is 0 Å². The van der Waals surface area contributed by atoms with Gasteiger partial charge in [0.2, 0.25) is 0 Å². The van der Waals surface area contributed by atoms with E-state index in [4.69, 9.17) is 0 Å². The molecule has 4 heteroatoms. The van der Waals surface area contributed by atoms with Crippen molar-refractivity contribution >= 4 is 11.5 Å². The van der Waals surface area contributed by atoms with E-state index in [0.29, 0.717) is 5.92 Å². The lowest BCUT2D eigenvalue weighted by Crippen LogP contribution is -2.02. The number of fused-ring (bicyclic) bond motifs is 1. The smallest absolute Gasteiger partial charge is 0.157 e. The maximum atomic E-state index is 4.49. The number of nitrogens with one attached hydrogen (secondary N) is 1. The minimum atomic E-state index is 0.572. The number of aromatic nitrogens is 3. The van der Waals surface area contributed by atoms with Crippen LogP contribution in [-0.2, 0) is 6.54 Å². The standard InChI is InChI=1S/C16H18N4/c1-12(2)14-5-3-13(4-6-14)11-17-15-8-10-20-16(19-15)7-9-18-20/h3-10,12H,11H2,1-2H3,(H,17,19). The normalized spacial score (nSPS) is 11.2. The zero-order valence-electron chi connectivity index (χ0n) is 11.7. The number of benzene rings is 1. The highest BCUT2D eigenvalue weighted by molar-refractivity contribution is 5.45. The first-order valence-corrected chi connectivity index (χ1v) is 6.85. The molecule has 1 aromatic carbocycles. The number of anilines is 1. The van der Waals surface area contributed by atoms with Crippen LogP contribution in [0.1, 0.15) is 30.9 Å². The van der Waals surface area contributed by atoms with E-state index in [1.165, 1.54) is 11.1 Å². The van der Waals surface area contributed by atoms with Crippen LogP contribution in [0.4, 0.5) is 5.82 Å². The van der Waals surface area contributed by atoms with Gasteiger partial charge in [0, 0.05) is 18.8 Å². The predicted molar refractivity (Wildman–Crippen MR) is 80.8 cm³/mol. The lowest BCUT2D eigenvalue weighted by atomic mass is 10.0. The first-order chi connectivity index (χ1) is 9.72. The van der Waals surface area contributed by atoms with E-state index in [-0.39, 0.29) is 0 Å². The van der Waals surface area contributed by atoms with Gasteiger partial charge < -0.3 is 5.32 Å². The van der Waals surface area contributed by atoms with Gasteiger partial charge in [0.05, 0.1) is 6.20 Å². The van der Waals surface area contributed by atoms with Gasteiger partial charge in [-0.2, -0.15) is 5.10 Å². The van der Waals surface area contributed by atoms with E-state index in [0.717, 1.165) is 18.0 Å². The molecule has 4 nitrogen and oxygen atoms in total. The Kier molecular flexibility index (Phi) is 3.37. The number of nitrogens with zero attached hydrogens (tertiary/aromatic N) is 3. The van der Waals surface area contributed by atoms with E-state index in [2.05, 4.69) is 53.5 Å². The third-order valence-electron chi connectivity index (χ3n) is 3.38. The summed E-state index contributed by atoms with van der Waals surface area (Å²) >= 11 is 0. The van der Waals surface area contributed by atoms with Gasteiger partial charge >= 0.3 is 0 Å². The molecule has 0 amide bonds. The van der Waals surface area contributed by atoms with E-state index in [1.807, 2.05) is 18.3 Å². The Morgan fingerprint density at radius 2 is 1.90 bits per heavy atom. The highest BCUT2D eigenvalue weighted by atomic mass is 15.2. The molecule has 0 saturated carbocycles. The third kappa shape index (κ3) is 2.64. The average molecular weight is 266 g/mol. The van der Waals surface area contributed by atoms with Gasteiger partial charge in [-0.1, -0.05) is 38.1 Å². The minimum absolute atomic E-state index is 0.572. The summed E-state index contributed by atoms with van der Waals surface area (Å²) < 4.78 is 1.75. The summed E-state index contributed by atoms with van der Waals surface area (Å²) in [5, 5.41) is 7.47. The fourth-order valence-corrected chi connectivity index (χ4v) is 2.12. The Morgan fingerprint density at radius 3 is 2.65 bits per heavy atom. The molecule has 2 heterocycles. The van der Waals surface area contributed by atoms with Crippen molar-refractivity contribution in [2.75, 3.05) is 5.32 Å². The predicted octanol–water partition coefficient (Wildman–Crippen LogP) is 3.46. The molecule has 0 unspecified atom stereocenters. The van der Waals surface area contributed by atoms with E-state index in [9.17, 15) is 0 Å². The SMILES string of the molecule is CC(C)c1ccc(CNc2ccn3nccc3n2)cc1. The van der Waals surface area contributed by atoms with Gasteiger partial charge in [-0.3, -0.25) is 0 Å². The van der Waals surface area contributed by atoms with Crippen LogP contribution >= 0.6 is 0 Å². The van der Waals surface area contributed by atoms with Crippen LogP contribution in [0, 0.1) is 0 Å². The molecule has 0 aliphatic carbocycles. The quantitative estimate of drug-likeness (QED) is 0.786. The van der Waals surface area contributed by atoms with Gasteiger partial charge in [0.25, 0.3) is 0 Å². The Morgan fingerprint density at radius 1 is 1.10 bits per heavy atom. The van der Waals surface area contributed by atoms with Crippen molar-refractivity contribution in [3.8, 4) is 0 Å². The second-order valence-electron chi connectivity index (χ2n) is 5.20. The maximum Gasteiger partial charge on any atom is 0.157 e. The van der Waals surface area contributed by atoms with Crippen LogP contribution < -0.4 is 5.32 Å². The lowest BCUT2D eigenvalue weighted by molar-refractivity contribution is 0.865. The second kappa shape index (κ2) is 5.33. The molecular weight excluding hydrogens is 248 g/mol. The summed E-state index contributed by atoms with van der Waals surface area (Å²) in [6.07, 6.45) is 3.66. The molecule has 0 atom stereocenters. The Hall–Kier alpha value is -2.36. The zero-order valence-corrected chi connectivity index (χ0v) is 11.7. The van der Waals surface area contributed by atoms with Crippen molar-refractivity contribution in [2.24, 2.45) is 0 Å². The van der Waals surface area contributed by atoms with Crippen LogP contribution in [0.15, 0.2) is 48.8 Å². The van der Waals surface area contributed by atoms with Gasteiger partial charge in [-0.15, -0.1) is 0 Å². The van der Waals surface area contributed by atoms with Crippen molar-refractivity contribution in [1.82, 2.24) is 14.6 Å². The number of hydrogen-bond acceptors (Lipinski definition) is 3. The average Bonchev–Trinajstić information content (AvgIpc) is 2.93. The van der Waals surface area contributed by atoms with Crippen LogP contribution in [0.3, 0.4) is 0 Å². The molecule has 102 valence electrons. The largest absolute Gasteiger partial charge is 0.366 e. The molecular formula is C16H18N4. The first kappa shape index (κ1) is 12.7. The summed E-state index contributed by atoms with van der Waals surface area (Å²) in [4.78, 5) is 4.49. The van der Waals surface area contributed by atoms with E-state index in [1.54, 1.807) is 10.7 Å². The van der Waals surface area contributed by atoms with Crippen LogP contribution in [0.2, 0.25) is 0 Å². The number of hydrogen-bond donors (Lipinski definition) is 1. The van der Waals surface area contributed by atoms with Crippen molar-refractivity contribution in [2.45, 2.75) is 26.3 Å².